The van der Waals surface area contributed by atoms with E-state index in [9.17, 15) is 0 Å². The molecule has 1 fully saturated rings. The van der Waals surface area contributed by atoms with Crippen LogP contribution in [0.25, 0.3) is 0 Å². The Morgan fingerprint density at radius 2 is 2.00 bits per heavy atom. The molecule has 0 heterocycles. The van der Waals surface area contributed by atoms with Crippen molar-refractivity contribution in [2.45, 2.75) is 25.4 Å². The third-order valence-electron chi connectivity index (χ3n) is 2.95. The predicted molar refractivity (Wildman–Crippen MR) is 70.2 cm³/mol. The van der Waals surface area contributed by atoms with Crippen molar-refractivity contribution in [2.75, 3.05) is 27.4 Å². The Bertz CT molecular complexity index is 377. The Kier molecular flexibility index (Phi) is 4.84. The molecule has 0 unspecified atom stereocenters. The van der Waals surface area contributed by atoms with Gasteiger partial charge in [-0.05, 0) is 30.5 Å². The van der Waals surface area contributed by atoms with Crippen molar-refractivity contribution in [3.05, 3.63) is 23.8 Å². The molecule has 0 aromatic heterocycles. The molecule has 1 saturated carbocycles. The Morgan fingerprint density at radius 3 is 2.67 bits per heavy atom. The van der Waals surface area contributed by atoms with Crippen LogP contribution in [0, 0.1) is 0 Å². The van der Waals surface area contributed by atoms with E-state index < -0.39 is 0 Å². The quantitative estimate of drug-likeness (QED) is 0.717. The first-order chi connectivity index (χ1) is 8.83. The molecule has 0 radical (unpaired) electrons. The normalized spacial score (nSPS) is 14.6. The number of ether oxygens (including phenoxy) is 3. The summed E-state index contributed by atoms with van der Waals surface area (Å²) in [6, 6.07) is 6.77. The summed E-state index contributed by atoms with van der Waals surface area (Å²) in [6.45, 7) is 2.00. The lowest BCUT2D eigenvalue weighted by Crippen LogP contribution is -2.15. The molecule has 0 bridgehead atoms. The maximum Gasteiger partial charge on any atom is 0.161 e. The second-order valence-electron chi connectivity index (χ2n) is 4.48. The third kappa shape index (κ3) is 3.89. The largest absolute Gasteiger partial charge is 0.493 e. The van der Waals surface area contributed by atoms with Gasteiger partial charge in [0.05, 0.1) is 13.7 Å². The number of hydrogen-bond donors (Lipinski definition) is 1. The zero-order valence-electron chi connectivity index (χ0n) is 11.1. The molecule has 1 N–H and O–H groups in total. The molecule has 4 heteroatoms. The molecule has 0 amide bonds. The van der Waals surface area contributed by atoms with E-state index in [-0.39, 0.29) is 0 Å². The number of methoxy groups -OCH3 is 2. The van der Waals surface area contributed by atoms with Crippen LogP contribution in [0.1, 0.15) is 18.4 Å². The Labute approximate surface area is 108 Å². The van der Waals surface area contributed by atoms with E-state index >= 15 is 0 Å². The van der Waals surface area contributed by atoms with Crippen molar-refractivity contribution >= 4 is 0 Å². The second kappa shape index (κ2) is 6.61. The van der Waals surface area contributed by atoms with Crippen molar-refractivity contribution in [3.8, 4) is 11.5 Å². The van der Waals surface area contributed by atoms with E-state index in [1.54, 1.807) is 14.2 Å². The van der Waals surface area contributed by atoms with Gasteiger partial charge in [-0.3, -0.25) is 0 Å². The smallest absolute Gasteiger partial charge is 0.161 e. The van der Waals surface area contributed by atoms with Crippen molar-refractivity contribution in [1.29, 1.82) is 0 Å². The van der Waals surface area contributed by atoms with E-state index in [0.29, 0.717) is 19.3 Å². The minimum atomic E-state index is 0.534. The fraction of sp³-hybridized carbons (Fsp3) is 0.571. The number of rotatable bonds is 8. The summed E-state index contributed by atoms with van der Waals surface area (Å²) in [6.07, 6.45) is 2.60. The molecule has 18 heavy (non-hydrogen) atoms. The predicted octanol–water partition coefficient (Wildman–Crippen LogP) is 1.97. The van der Waals surface area contributed by atoms with Gasteiger partial charge in [-0.2, -0.15) is 0 Å². The third-order valence-corrected chi connectivity index (χ3v) is 2.95. The van der Waals surface area contributed by atoms with Crippen LogP contribution in [0.15, 0.2) is 18.2 Å². The van der Waals surface area contributed by atoms with Gasteiger partial charge in [-0.1, -0.05) is 6.07 Å². The molecule has 1 aliphatic rings. The average Bonchev–Trinajstić information content (AvgIpc) is 3.21. The minimum absolute atomic E-state index is 0.534. The summed E-state index contributed by atoms with van der Waals surface area (Å²) < 4.78 is 15.9. The fourth-order valence-electron chi connectivity index (χ4n) is 1.73. The molecule has 0 saturated heterocycles. The lowest BCUT2D eigenvalue weighted by molar-refractivity contribution is 0.144. The summed E-state index contributed by atoms with van der Waals surface area (Å²) in [7, 11) is 3.32. The van der Waals surface area contributed by atoms with Gasteiger partial charge in [0.15, 0.2) is 11.5 Å². The second-order valence-corrected chi connectivity index (χ2v) is 4.48. The molecule has 4 nitrogen and oxygen atoms in total. The van der Waals surface area contributed by atoms with Crippen molar-refractivity contribution in [1.82, 2.24) is 5.32 Å². The topological polar surface area (TPSA) is 39.7 Å². The molecule has 0 atom stereocenters. The van der Waals surface area contributed by atoms with Crippen molar-refractivity contribution < 1.29 is 14.2 Å². The van der Waals surface area contributed by atoms with E-state index in [1.165, 1.54) is 18.4 Å². The van der Waals surface area contributed by atoms with Crippen LogP contribution in [0.3, 0.4) is 0 Å². The Hall–Kier alpha value is -1.26. The fourth-order valence-corrected chi connectivity index (χ4v) is 1.73. The van der Waals surface area contributed by atoms with Crippen LogP contribution in [0.2, 0.25) is 0 Å². The molecule has 1 aliphatic carbocycles. The van der Waals surface area contributed by atoms with E-state index in [1.807, 2.05) is 12.1 Å². The first kappa shape index (κ1) is 13.2. The van der Waals surface area contributed by atoms with Crippen LogP contribution in [0.4, 0.5) is 0 Å². The SMILES string of the molecule is COCCOc1ccc(CNC2CC2)cc1OC. The standard InChI is InChI=1S/C14H21NO3/c1-16-7-8-18-13-6-3-11(9-14(13)17-2)10-15-12-4-5-12/h3,6,9,12,15H,4-5,7-8,10H2,1-2H3. The van der Waals surface area contributed by atoms with Crippen LogP contribution in [-0.4, -0.2) is 33.5 Å². The van der Waals surface area contributed by atoms with Gasteiger partial charge in [0.2, 0.25) is 0 Å². The molecular formula is C14H21NO3. The van der Waals surface area contributed by atoms with Gasteiger partial charge in [-0.25, -0.2) is 0 Å². The van der Waals surface area contributed by atoms with Crippen LogP contribution in [-0.2, 0) is 11.3 Å². The maximum atomic E-state index is 5.59. The molecule has 1 aromatic carbocycles. The monoisotopic (exact) mass is 251 g/mol. The van der Waals surface area contributed by atoms with Gasteiger partial charge in [0, 0.05) is 19.7 Å². The molecular weight excluding hydrogens is 230 g/mol. The summed E-state index contributed by atoms with van der Waals surface area (Å²) in [5.74, 6) is 1.55. The highest BCUT2D eigenvalue weighted by Gasteiger charge is 2.20. The number of nitrogens with one attached hydrogen (secondary N) is 1. The lowest BCUT2D eigenvalue weighted by Gasteiger charge is -2.12. The number of benzene rings is 1. The zero-order valence-corrected chi connectivity index (χ0v) is 11.1. The van der Waals surface area contributed by atoms with Crippen LogP contribution in [0.5, 0.6) is 11.5 Å². The van der Waals surface area contributed by atoms with Gasteiger partial charge < -0.3 is 19.5 Å². The zero-order chi connectivity index (χ0) is 12.8. The van der Waals surface area contributed by atoms with Gasteiger partial charge in [0.25, 0.3) is 0 Å². The highest BCUT2D eigenvalue weighted by Crippen LogP contribution is 2.28. The van der Waals surface area contributed by atoms with Crippen molar-refractivity contribution in [3.63, 3.8) is 0 Å². The Morgan fingerprint density at radius 1 is 1.17 bits per heavy atom. The molecule has 0 spiro atoms. The summed E-state index contributed by atoms with van der Waals surface area (Å²) in [5.41, 5.74) is 1.22. The van der Waals surface area contributed by atoms with E-state index in [4.69, 9.17) is 14.2 Å². The summed E-state index contributed by atoms with van der Waals surface area (Å²) >= 11 is 0. The van der Waals surface area contributed by atoms with Crippen LogP contribution < -0.4 is 14.8 Å². The van der Waals surface area contributed by atoms with Gasteiger partial charge >= 0.3 is 0 Å². The average molecular weight is 251 g/mol. The molecule has 100 valence electrons. The molecule has 2 rings (SSSR count). The lowest BCUT2D eigenvalue weighted by atomic mass is 10.2. The molecule has 0 aliphatic heterocycles. The summed E-state index contributed by atoms with van der Waals surface area (Å²) in [5, 5.41) is 3.48. The first-order valence-corrected chi connectivity index (χ1v) is 6.35. The minimum Gasteiger partial charge on any atom is -0.493 e. The first-order valence-electron chi connectivity index (χ1n) is 6.35. The van der Waals surface area contributed by atoms with E-state index in [2.05, 4.69) is 11.4 Å². The summed E-state index contributed by atoms with van der Waals surface area (Å²) in [4.78, 5) is 0. The Balaban J connectivity index is 1.92. The van der Waals surface area contributed by atoms with Gasteiger partial charge in [0.1, 0.15) is 6.61 Å². The number of hydrogen-bond acceptors (Lipinski definition) is 4. The van der Waals surface area contributed by atoms with Gasteiger partial charge in [-0.15, -0.1) is 0 Å². The highest BCUT2D eigenvalue weighted by molar-refractivity contribution is 5.43. The van der Waals surface area contributed by atoms with Crippen molar-refractivity contribution in [2.24, 2.45) is 0 Å². The maximum absolute atomic E-state index is 5.59. The highest BCUT2D eigenvalue weighted by atomic mass is 16.5. The molecule has 1 aromatic rings. The van der Waals surface area contributed by atoms with Crippen LogP contribution >= 0.6 is 0 Å². The van der Waals surface area contributed by atoms with E-state index in [0.717, 1.165) is 18.0 Å².